The van der Waals surface area contributed by atoms with Crippen LogP contribution in [0.1, 0.15) is 34.6 Å². The summed E-state index contributed by atoms with van der Waals surface area (Å²) in [5, 5.41) is 0.410. The van der Waals surface area contributed by atoms with Crippen LogP contribution in [0.3, 0.4) is 0 Å². The van der Waals surface area contributed by atoms with Gasteiger partial charge in [0.15, 0.2) is 0 Å². The molecule has 0 radical (unpaired) electrons. The molecule has 2 aromatic rings. The molecule has 2 unspecified atom stereocenters. The molecule has 0 spiro atoms. The van der Waals surface area contributed by atoms with E-state index in [0.29, 0.717) is 5.30 Å². The minimum Gasteiger partial charge on any atom is -0.464 e. The highest BCUT2D eigenvalue weighted by Gasteiger charge is 2.46. The number of imide groups is 1. The Morgan fingerprint density at radius 1 is 0.931 bits per heavy atom. The lowest BCUT2D eigenvalue weighted by Crippen LogP contribution is -2.48. The molecule has 8 heteroatoms. The molecule has 2 aromatic carbocycles. The molecule has 152 valence electrons. The zero-order chi connectivity index (χ0) is 21.0. The predicted octanol–water partition coefficient (Wildman–Crippen LogP) is 2.85. The van der Waals surface area contributed by atoms with Crippen molar-refractivity contribution in [2.75, 3.05) is 19.4 Å². The van der Waals surface area contributed by atoms with E-state index >= 15 is 0 Å². The van der Waals surface area contributed by atoms with E-state index in [1.165, 1.54) is 12.1 Å². The summed E-state index contributed by atoms with van der Waals surface area (Å²) in [5.41, 5.74) is 0.413. The van der Waals surface area contributed by atoms with Gasteiger partial charge in [-0.1, -0.05) is 30.3 Å². The van der Waals surface area contributed by atoms with E-state index in [-0.39, 0.29) is 30.5 Å². The Labute approximate surface area is 169 Å². The Balaban J connectivity index is 2.02. The van der Waals surface area contributed by atoms with Crippen LogP contribution < -0.4 is 5.30 Å². The van der Waals surface area contributed by atoms with Crippen LogP contribution >= 0.6 is 7.37 Å². The number of amides is 2. The molecular weight excluding hydrogens is 393 g/mol. The van der Waals surface area contributed by atoms with Crippen LogP contribution in [0.4, 0.5) is 0 Å². The first-order chi connectivity index (χ1) is 13.9. The number of hydrogen-bond donors (Lipinski definition) is 0. The Morgan fingerprint density at radius 2 is 1.48 bits per heavy atom. The Bertz CT molecular complexity index is 939. The number of nitrogens with zero attached hydrogens (tertiary/aromatic N) is 1. The third-order valence-electron chi connectivity index (χ3n) is 4.60. The largest absolute Gasteiger partial charge is 0.464 e. The standard InChI is InChI=1S/C21H22NO6P/c1-3-27-21(25)18(14-29(26,28-4-2)15-10-6-5-7-11-15)22-19(23)16-12-8-9-13-17(16)20(22)24/h5-13,18H,3-4,14H2,1-2H3. The topological polar surface area (TPSA) is 90.0 Å². The fourth-order valence-corrected chi connectivity index (χ4v) is 5.59. The predicted molar refractivity (Wildman–Crippen MR) is 108 cm³/mol. The summed E-state index contributed by atoms with van der Waals surface area (Å²) in [5.74, 6) is -2.02. The van der Waals surface area contributed by atoms with Crippen LogP contribution in [0.5, 0.6) is 0 Å². The van der Waals surface area contributed by atoms with Gasteiger partial charge in [0.25, 0.3) is 11.8 Å². The van der Waals surface area contributed by atoms with E-state index in [9.17, 15) is 18.9 Å². The molecule has 1 heterocycles. The molecular formula is C21H22NO6P. The molecule has 0 aliphatic carbocycles. The van der Waals surface area contributed by atoms with Gasteiger partial charge in [0.05, 0.1) is 30.5 Å². The molecule has 0 bridgehead atoms. The van der Waals surface area contributed by atoms with Crippen molar-refractivity contribution in [3.05, 3.63) is 65.7 Å². The van der Waals surface area contributed by atoms with Gasteiger partial charge < -0.3 is 9.26 Å². The van der Waals surface area contributed by atoms with Crippen LogP contribution in [0.15, 0.2) is 54.6 Å². The highest BCUT2D eigenvalue weighted by atomic mass is 31.2. The molecule has 0 saturated carbocycles. The SMILES string of the molecule is CCOC(=O)C(CP(=O)(OCC)c1ccccc1)N1C(=O)c2ccccc2C1=O. The summed E-state index contributed by atoms with van der Waals surface area (Å²) in [7, 11) is -3.55. The highest BCUT2D eigenvalue weighted by molar-refractivity contribution is 7.67. The monoisotopic (exact) mass is 415 g/mol. The Kier molecular flexibility index (Phi) is 6.30. The first kappa shape index (κ1) is 21.0. The lowest BCUT2D eigenvalue weighted by Gasteiger charge is -2.28. The van der Waals surface area contributed by atoms with Crippen LogP contribution in [0.2, 0.25) is 0 Å². The van der Waals surface area contributed by atoms with E-state index in [1.54, 1.807) is 56.3 Å². The molecule has 1 aliphatic rings. The van der Waals surface area contributed by atoms with Crippen molar-refractivity contribution < 1.29 is 28.2 Å². The van der Waals surface area contributed by atoms with Crippen molar-refractivity contribution in [3.8, 4) is 0 Å². The van der Waals surface area contributed by atoms with Crippen molar-refractivity contribution in [1.82, 2.24) is 4.90 Å². The van der Waals surface area contributed by atoms with E-state index in [1.807, 2.05) is 0 Å². The maximum absolute atomic E-state index is 13.7. The van der Waals surface area contributed by atoms with Crippen LogP contribution in [0.25, 0.3) is 0 Å². The molecule has 1 aliphatic heterocycles. The maximum Gasteiger partial charge on any atom is 0.329 e. The number of carbonyl (C=O) groups excluding carboxylic acids is 3. The summed E-state index contributed by atoms with van der Waals surface area (Å²) >= 11 is 0. The highest BCUT2D eigenvalue weighted by Crippen LogP contribution is 2.47. The second-order valence-electron chi connectivity index (χ2n) is 6.40. The molecule has 0 aromatic heterocycles. The number of fused-ring (bicyclic) bond motifs is 1. The molecule has 0 N–H and O–H groups in total. The molecule has 0 saturated heterocycles. The van der Waals surface area contributed by atoms with Crippen molar-refractivity contribution in [3.63, 3.8) is 0 Å². The van der Waals surface area contributed by atoms with Crippen molar-refractivity contribution in [2.45, 2.75) is 19.9 Å². The molecule has 2 amide bonds. The minimum absolute atomic E-state index is 0.0583. The number of ether oxygens (including phenoxy) is 1. The first-order valence-electron chi connectivity index (χ1n) is 9.35. The zero-order valence-corrected chi connectivity index (χ0v) is 17.1. The van der Waals surface area contributed by atoms with Gasteiger partial charge in [0.1, 0.15) is 6.04 Å². The second kappa shape index (κ2) is 8.72. The smallest absolute Gasteiger partial charge is 0.329 e. The van der Waals surface area contributed by atoms with Crippen molar-refractivity contribution >= 4 is 30.5 Å². The average Bonchev–Trinajstić information content (AvgIpc) is 2.98. The lowest BCUT2D eigenvalue weighted by molar-refractivity contribution is -0.147. The molecule has 7 nitrogen and oxygen atoms in total. The van der Waals surface area contributed by atoms with Gasteiger partial charge in [0.2, 0.25) is 7.37 Å². The second-order valence-corrected chi connectivity index (χ2v) is 8.89. The summed E-state index contributed by atoms with van der Waals surface area (Å²) < 4.78 is 24.4. The number of hydrogen-bond acceptors (Lipinski definition) is 6. The van der Waals surface area contributed by atoms with Crippen LogP contribution in [-0.2, 0) is 18.6 Å². The first-order valence-corrected chi connectivity index (χ1v) is 11.2. The van der Waals surface area contributed by atoms with Crippen molar-refractivity contribution in [2.24, 2.45) is 0 Å². The molecule has 2 atom stereocenters. The van der Waals surface area contributed by atoms with Gasteiger partial charge in [0, 0.05) is 5.30 Å². The summed E-state index contributed by atoms with van der Waals surface area (Å²) in [4.78, 5) is 39.4. The Morgan fingerprint density at radius 3 is 2.00 bits per heavy atom. The van der Waals surface area contributed by atoms with E-state index < -0.39 is 31.2 Å². The van der Waals surface area contributed by atoms with Gasteiger partial charge in [-0.15, -0.1) is 0 Å². The molecule has 3 rings (SSSR count). The normalized spacial score (nSPS) is 16.3. The third-order valence-corrected chi connectivity index (χ3v) is 7.18. The fraction of sp³-hybridized carbons (Fsp3) is 0.286. The van der Waals surface area contributed by atoms with Gasteiger partial charge in [-0.3, -0.25) is 19.1 Å². The summed E-state index contributed by atoms with van der Waals surface area (Å²) in [6.07, 6.45) is -0.352. The lowest BCUT2D eigenvalue weighted by atomic mass is 10.1. The third kappa shape index (κ3) is 4.02. The van der Waals surface area contributed by atoms with Gasteiger partial charge >= 0.3 is 5.97 Å². The van der Waals surface area contributed by atoms with E-state index in [2.05, 4.69) is 0 Å². The fourth-order valence-electron chi connectivity index (χ4n) is 3.31. The van der Waals surface area contributed by atoms with Crippen LogP contribution in [-0.4, -0.2) is 48.1 Å². The Hall–Kier alpha value is -2.76. The van der Waals surface area contributed by atoms with E-state index in [0.717, 1.165) is 4.90 Å². The zero-order valence-electron chi connectivity index (χ0n) is 16.2. The molecule has 0 fully saturated rings. The number of esters is 1. The number of rotatable bonds is 8. The summed E-state index contributed by atoms with van der Waals surface area (Å²) in [6, 6.07) is 13.4. The van der Waals surface area contributed by atoms with Gasteiger partial charge in [-0.05, 0) is 38.1 Å². The summed E-state index contributed by atoms with van der Waals surface area (Å²) in [6.45, 7) is 3.51. The quantitative estimate of drug-likeness (QED) is 0.374. The minimum atomic E-state index is -3.55. The number of benzene rings is 2. The van der Waals surface area contributed by atoms with Gasteiger partial charge in [-0.2, -0.15) is 0 Å². The van der Waals surface area contributed by atoms with E-state index in [4.69, 9.17) is 9.26 Å². The van der Waals surface area contributed by atoms with Crippen LogP contribution in [0, 0.1) is 0 Å². The maximum atomic E-state index is 13.7. The number of carbonyl (C=O) groups is 3. The molecule has 29 heavy (non-hydrogen) atoms. The van der Waals surface area contributed by atoms with Crippen molar-refractivity contribution in [1.29, 1.82) is 0 Å². The average molecular weight is 415 g/mol. The van der Waals surface area contributed by atoms with Gasteiger partial charge in [-0.25, -0.2) is 4.79 Å².